The molecule has 0 saturated carbocycles. The highest BCUT2D eigenvalue weighted by molar-refractivity contribution is 8.05. The van der Waals surface area contributed by atoms with Gasteiger partial charge in [0.1, 0.15) is 36.4 Å². The molecule has 71 heavy (non-hydrogen) atoms. The van der Waals surface area contributed by atoms with Gasteiger partial charge in [0.15, 0.2) is 18.2 Å². The molecule has 0 heterocycles. The summed E-state index contributed by atoms with van der Waals surface area (Å²) in [5, 5.41) is 16.7. The molecular formula is C45H48N9O10P5S2+2. The van der Waals surface area contributed by atoms with Crippen molar-refractivity contribution in [2.75, 3.05) is 39.9 Å². The van der Waals surface area contributed by atoms with Crippen molar-refractivity contribution < 1.29 is 47.3 Å². The quantitative estimate of drug-likeness (QED) is 0.00794. The van der Waals surface area contributed by atoms with Crippen LogP contribution in [-0.4, -0.2) is 86.6 Å². The first kappa shape index (κ1) is 54.6. The predicted octanol–water partition coefficient (Wildman–Crippen LogP) is 9.16. The lowest BCUT2D eigenvalue weighted by atomic mass is 10.1. The number of azide groups is 1. The third-order valence-corrected chi connectivity index (χ3v) is 19.3. The predicted molar refractivity (Wildman–Crippen MR) is 287 cm³/mol. The van der Waals surface area contributed by atoms with Crippen LogP contribution in [0, 0.1) is 0 Å². The first-order valence-electron chi connectivity index (χ1n) is 21.1. The summed E-state index contributed by atoms with van der Waals surface area (Å²) in [7, 11) is -11.7. The molecule has 0 saturated heterocycles. The second kappa shape index (κ2) is 26.1. The normalized spacial score (nSPS) is 12.3. The standard InChI is InChI=1S/C45H46N9O10P5S2/c1-52(47-31-37-15-19-40(20-16-37)62-50-49-46)33-61-39-25-27-45(28-26-39)69(43-9-5-3-6-10-43,44-11-7-4-8-12-44)51-65(70)63-41-23-17-38(18-24-41)32-48-53(2)66(71)64-42-21-13-36(14-22-42)29-30-54(34-67(55,56)57)35-68(58,59)60/h3-28,31-32H,29-30,33-35H2,1-2H3,(H2-2,55,56,57,58,59,60)/p+2. The summed E-state index contributed by atoms with van der Waals surface area (Å²) in [6.45, 7) is 0.198. The number of hydrazone groups is 2. The highest BCUT2D eigenvalue weighted by Gasteiger charge is 2.34. The fourth-order valence-electron chi connectivity index (χ4n) is 6.58. The van der Waals surface area contributed by atoms with E-state index in [0.717, 1.165) is 37.5 Å². The lowest BCUT2D eigenvalue weighted by molar-refractivity contribution is 0.158. The van der Waals surface area contributed by atoms with Crippen molar-refractivity contribution in [3.63, 3.8) is 0 Å². The van der Waals surface area contributed by atoms with Gasteiger partial charge in [-0.3, -0.25) is 28.1 Å². The van der Waals surface area contributed by atoms with Gasteiger partial charge < -0.3 is 29.1 Å². The molecule has 0 aromatic heterocycles. The molecule has 6 rings (SSSR count). The Balaban J connectivity index is 1.10. The fraction of sp³-hybridized carbons (Fsp3) is 0.156. The summed E-state index contributed by atoms with van der Waals surface area (Å²) in [6.07, 6.45) is 2.07. The minimum Gasteiger partial charge on any atom is -0.472 e. The van der Waals surface area contributed by atoms with Crippen molar-refractivity contribution in [2.45, 2.75) is 6.42 Å². The Hall–Kier alpha value is -5.70. The molecule has 2 atom stereocenters. The third kappa shape index (κ3) is 17.5. The van der Waals surface area contributed by atoms with Crippen LogP contribution in [0.25, 0.3) is 10.4 Å². The van der Waals surface area contributed by atoms with Gasteiger partial charge in [-0.2, -0.15) is 5.10 Å². The van der Waals surface area contributed by atoms with Crippen LogP contribution in [0.4, 0.5) is 0 Å². The van der Waals surface area contributed by atoms with E-state index in [2.05, 4.69) is 44.7 Å². The van der Waals surface area contributed by atoms with Crippen LogP contribution in [0.5, 0.6) is 23.0 Å². The van der Waals surface area contributed by atoms with Crippen molar-refractivity contribution in [3.05, 3.63) is 185 Å². The Labute approximate surface area is 422 Å². The minimum atomic E-state index is -4.53. The second-order valence-electron chi connectivity index (χ2n) is 15.3. The average molecular weight is 1090 g/mol. The van der Waals surface area contributed by atoms with Gasteiger partial charge in [-0.25, -0.2) is 0 Å². The van der Waals surface area contributed by atoms with Crippen LogP contribution in [0.3, 0.4) is 0 Å². The molecule has 0 aliphatic carbocycles. The molecule has 26 heteroatoms. The lowest BCUT2D eigenvalue weighted by Crippen LogP contribution is -2.28. The van der Waals surface area contributed by atoms with E-state index in [1.54, 1.807) is 80.1 Å². The van der Waals surface area contributed by atoms with Crippen molar-refractivity contribution in [1.82, 2.24) is 14.7 Å². The van der Waals surface area contributed by atoms with Crippen molar-refractivity contribution in [1.29, 1.82) is 0 Å². The van der Waals surface area contributed by atoms with Gasteiger partial charge in [-0.15, -0.1) is 5.10 Å². The Bertz CT molecular complexity index is 2940. The topological polar surface area (TPSA) is 248 Å². The van der Waals surface area contributed by atoms with E-state index in [4.69, 9.17) is 52.3 Å². The van der Waals surface area contributed by atoms with Crippen molar-refractivity contribution in [2.24, 2.45) is 20.0 Å². The van der Waals surface area contributed by atoms with Crippen LogP contribution in [0.1, 0.15) is 16.7 Å². The zero-order valence-electron chi connectivity index (χ0n) is 38.0. The van der Waals surface area contributed by atoms with Gasteiger partial charge in [0, 0.05) is 34.4 Å². The summed E-state index contributed by atoms with van der Waals surface area (Å²) < 4.78 is 48.4. The molecule has 368 valence electrons. The maximum absolute atomic E-state index is 11.5. The highest BCUT2D eigenvalue weighted by Crippen LogP contribution is 2.52. The van der Waals surface area contributed by atoms with E-state index in [0.29, 0.717) is 23.0 Å². The van der Waals surface area contributed by atoms with Crippen molar-refractivity contribution in [3.8, 4) is 23.0 Å². The van der Waals surface area contributed by atoms with Crippen LogP contribution < -0.4 is 34.5 Å². The second-order valence-corrected chi connectivity index (χ2v) is 25.8. The number of ether oxygens (including phenoxy) is 1. The molecule has 0 amide bonds. The molecular weight excluding hydrogens is 1050 g/mol. The first-order chi connectivity index (χ1) is 34.0. The molecule has 0 aliphatic rings. The summed E-state index contributed by atoms with van der Waals surface area (Å²) >= 11 is 11.6. The van der Waals surface area contributed by atoms with E-state index in [1.165, 1.54) is 4.78 Å². The van der Waals surface area contributed by atoms with Crippen LogP contribution in [-0.2, 0) is 39.2 Å². The molecule has 0 radical (unpaired) electrons. The lowest BCUT2D eigenvalue weighted by Gasteiger charge is -2.23. The molecule has 6 aromatic rings. The number of hydrogen-bond acceptors (Lipinski definition) is 13. The third-order valence-electron chi connectivity index (χ3n) is 9.83. The van der Waals surface area contributed by atoms with Gasteiger partial charge in [0.2, 0.25) is 23.6 Å². The maximum atomic E-state index is 11.5. The molecule has 0 spiro atoms. The average Bonchev–Trinajstić information content (AvgIpc) is 3.35. The van der Waals surface area contributed by atoms with Gasteiger partial charge in [0.05, 0.1) is 19.5 Å². The fourth-order valence-corrected chi connectivity index (χ4v) is 15.7. The van der Waals surface area contributed by atoms with Crippen LogP contribution in [0.2, 0.25) is 0 Å². The van der Waals surface area contributed by atoms with Gasteiger partial charge in [-0.05, 0) is 118 Å². The summed E-state index contributed by atoms with van der Waals surface area (Å²) in [5.74, 6) is 2.07. The molecule has 0 bridgehead atoms. The van der Waals surface area contributed by atoms with E-state index >= 15 is 0 Å². The van der Waals surface area contributed by atoms with Gasteiger partial charge in [-0.1, -0.05) is 77.6 Å². The Morgan fingerprint density at radius 3 is 1.65 bits per heavy atom. The van der Waals surface area contributed by atoms with Crippen LogP contribution >= 0.6 is 36.4 Å². The van der Waals surface area contributed by atoms with Gasteiger partial charge in [0.25, 0.3) is 0 Å². The van der Waals surface area contributed by atoms with Crippen LogP contribution in [0.15, 0.2) is 178 Å². The Morgan fingerprint density at radius 1 is 0.634 bits per heavy atom. The Kier molecular flexibility index (Phi) is 20.1. The highest BCUT2D eigenvalue weighted by atomic mass is 32.4. The SMILES string of the molecule is CN(COc1ccc(P(=N[P+](=S)Oc2ccc(C=NN(C)[P+](=S)Oc3ccc(CCN(CP(=O)(O)O)CP(=O)(O)O)cc3)cc2)(c2ccccc2)c2ccccc2)cc1)N=Cc1ccc(ON=[N+]=[N-])cc1. The summed E-state index contributed by atoms with van der Waals surface area (Å²) in [6, 6.07) is 49.1. The molecule has 4 N–H and O–H groups in total. The van der Waals surface area contributed by atoms with Crippen molar-refractivity contribution >= 4 is 88.4 Å². The van der Waals surface area contributed by atoms with E-state index in [-0.39, 0.29) is 19.7 Å². The maximum Gasteiger partial charge on any atom is 0.545 e. The number of nitrogens with zero attached hydrogens (tertiary/aromatic N) is 9. The number of hydrogen-bond donors (Lipinski definition) is 4. The van der Waals surface area contributed by atoms with Gasteiger partial charge >= 0.3 is 29.3 Å². The zero-order chi connectivity index (χ0) is 50.9. The Morgan fingerprint density at radius 2 is 1.11 bits per heavy atom. The number of rotatable bonds is 25. The molecule has 0 aliphatic heterocycles. The molecule has 0 fully saturated rings. The molecule has 6 aromatic carbocycles. The molecule has 2 unspecified atom stereocenters. The summed E-state index contributed by atoms with van der Waals surface area (Å²) in [5.41, 5.74) is 10.8. The van der Waals surface area contributed by atoms with E-state index in [9.17, 15) is 28.7 Å². The van der Waals surface area contributed by atoms with E-state index in [1.807, 2.05) is 84.9 Å². The number of benzene rings is 6. The summed E-state index contributed by atoms with van der Waals surface area (Å²) in [4.78, 5) is 45.8. The first-order valence-corrected chi connectivity index (χ1v) is 30.9. The minimum absolute atomic E-state index is 0.0219. The zero-order valence-corrected chi connectivity index (χ0v) is 44.1. The molecule has 19 nitrogen and oxygen atoms in total. The monoisotopic (exact) mass is 1090 g/mol. The largest absolute Gasteiger partial charge is 0.545 e. The smallest absolute Gasteiger partial charge is 0.472 e. The van der Waals surface area contributed by atoms with E-state index < -0.39 is 49.0 Å².